The molecule has 0 aromatic heterocycles. The van der Waals surface area contributed by atoms with E-state index in [9.17, 15) is 29.1 Å². The van der Waals surface area contributed by atoms with Crippen LogP contribution in [-0.4, -0.2) is 71.6 Å². The Morgan fingerprint density at radius 3 is 2.25 bits per heavy atom. The van der Waals surface area contributed by atoms with E-state index in [1.165, 1.54) is 0 Å². The third-order valence-corrected chi connectivity index (χ3v) is 6.69. The summed E-state index contributed by atoms with van der Waals surface area (Å²) in [7, 11) is 0. The van der Waals surface area contributed by atoms with Gasteiger partial charge in [-0.15, -0.1) is 0 Å². The number of nitrogens with one attached hydrogen (secondary N) is 4. The van der Waals surface area contributed by atoms with E-state index in [0.717, 1.165) is 32.1 Å². The molecule has 2 fully saturated rings. The minimum Gasteiger partial charge on any atom is -0.465 e. The molecule has 11 heteroatoms. The second-order valence-electron chi connectivity index (χ2n) is 10.9. The van der Waals surface area contributed by atoms with Gasteiger partial charge in [-0.2, -0.15) is 0 Å². The van der Waals surface area contributed by atoms with Gasteiger partial charge in [0.25, 0.3) is 0 Å². The van der Waals surface area contributed by atoms with E-state index in [0.29, 0.717) is 25.7 Å². The fourth-order valence-electron chi connectivity index (χ4n) is 5.01. The first-order chi connectivity index (χ1) is 16.9. The Bertz CT molecular complexity index is 792. The molecule has 5 N–H and O–H groups in total. The average molecular weight is 511 g/mol. The van der Waals surface area contributed by atoms with Gasteiger partial charge in [0.2, 0.25) is 17.7 Å². The molecular formula is C25H42N4O7. The zero-order valence-corrected chi connectivity index (χ0v) is 21.8. The van der Waals surface area contributed by atoms with Crippen molar-refractivity contribution in [2.45, 2.75) is 109 Å². The van der Waals surface area contributed by atoms with E-state index < -0.39 is 47.7 Å². The summed E-state index contributed by atoms with van der Waals surface area (Å²) >= 11 is 0. The molecule has 5 atom stereocenters. The Kier molecular flexibility index (Phi) is 11.1. The average Bonchev–Trinajstić information content (AvgIpc) is 3.19. The molecule has 0 bridgehead atoms. The van der Waals surface area contributed by atoms with E-state index >= 15 is 0 Å². The Hall–Kier alpha value is -2.69. The van der Waals surface area contributed by atoms with Crippen LogP contribution in [-0.2, 0) is 23.9 Å². The lowest BCUT2D eigenvalue weighted by Gasteiger charge is -2.32. The first kappa shape index (κ1) is 29.5. The van der Waals surface area contributed by atoms with Gasteiger partial charge in [0, 0.05) is 12.5 Å². The summed E-state index contributed by atoms with van der Waals surface area (Å²) in [6.45, 7) is 7.51. The van der Waals surface area contributed by atoms with E-state index in [1.807, 2.05) is 0 Å². The van der Waals surface area contributed by atoms with Crippen molar-refractivity contribution in [3.8, 4) is 0 Å². The highest BCUT2D eigenvalue weighted by atomic mass is 16.5. The molecule has 1 aliphatic carbocycles. The van der Waals surface area contributed by atoms with Gasteiger partial charge in [0.15, 0.2) is 0 Å². The summed E-state index contributed by atoms with van der Waals surface area (Å²) < 4.78 is 5.81. The van der Waals surface area contributed by atoms with Crippen LogP contribution in [0.4, 0.5) is 4.79 Å². The standard InChI is InChI=1S/C25H42N4O7/c1-15(36-25(2,3)4)20(29-24(34)35)23(33)28-19(12-16-8-6-5-7-9-16)22(32)27-18(14-30)13-17-10-11-26-21(17)31/h14-20,29H,5-13H2,1-4H3,(H,26,31)(H,27,32)(H,28,33)(H,34,35)/t15-,17-,18-,19-,20-/m0/s1. The Morgan fingerprint density at radius 2 is 1.72 bits per heavy atom. The highest BCUT2D eigenvalue weighted by Crippen LogP contribution is 2.27. The maximum atomic E-state index is 13.3. The smallest absolute Gasteiger partial charge is 0.405 e. The van der Waals surface area contributed by atoms with Crippen LogP contribution in [0.3, 0.4) is 0 Å². The number of rotatable bonds is 12. The third-order valence-electron chi connectivity index (χ3n) is 6.69. The summed E-state index contributed by atoms with van der Waals surface area (Å²) in [5.41, 5.74) is -0.624. The topological polar surface area (TPSA) is 163 Å². The molecular weight excluding hydrogens is 468 g/mol. The van der Waals surface area contributed by atoms with Crippen LogP contribution in [0.25, 0.3) is 0 Å². The predicted molar refractivity (Wildman–Crippen MR) is 132 cm³/mol. The van der Waals surface area contributed by atoms with Crippen LogP contribution < -0.4 is 21.3 Å². The second kappa shape index (κ2) is 13.6. The second-order valence-corrected chi connectivity index (χ2v) is 10.9. The molecule has 0 aromatic rings. The molecule has 0 unspecified atom stereocenters. The van der Waals surface area contributed by atoms with E-state index in [1.54, 1.807) is 27.7 Å². The molecule has 204 valence electrons. The van der Waals surface area contributed by atoms with Gasteiger partial charge in [-0.05, 0) is 52.9 Å². The van der Waals surface area contributed by atoms with Gasteiger partial charge >= 0.3 is 6.09 Å². The summed E-state index contributed by atoms with van der Waals surface area (Å²) in [5, 5.41) is 19.6. The van der Waals surface area contributed by atoms with Crippen LogP contribution in [0.2, 0.25) is 0 Å². The number of carboxylic acid groups (broad SMARTS) is 1. The first-order valence-electron chi connectivity index (χ1n) is 12.9. The first-order valence-corrected chi connectivity index (χ1v) is 12.9. The highest BCUT2D eigenvalue weighted by molar-refractivity contribution is 5.92. The maximum Gasteiger partial charge on any atom is 0.405 e. The lowest BCUT2D eigenvalue weighted by atomic mass is 9.84. The van der Waals surface area contributed by atoms with Crippen molar-refractivity contribution in [1.82, 2.24) is 21.3 Å². The molecule has 0 spiro atoms. The summed E-state index contributed by atoms with van der Waals surface area (Å²) in [6.07, 6.45) is 4.65. The fraction of sp³-hybridized carbons (Fsp3) is 0.800. The molecule has 2 rings (SSSR count). The highest BCUT2D eigenvalue weighted by Gasteiger charge is 2.35. The van der Waals surface area contributed by atoms with Crippen LogP contribution in [0, 0.1) is 11.8 Å². The minimum absolute atomic E-state index is 0.140. The van der Waals surface area contributed by atoms with Crippen molar-refractivity contribution < 1.29 is 33.8 Å². The van der Waals surface area contributed by atoms with Crippen molar-refractivity contribution in [1.29, 1.82) is 0 Å². The van der Waals surface area contributed by atoms with Crippen LogP contribution in [0.1, 0.15) is 79.1 Å². The molecule has 36 heavy (non-hydrogen) atoms. The van der Waals surface area contributed by atoms with Crippen LogP contribution in [0.5, 0.6) is 0 Å². The normalized spacial score (nSPS) is 22.0. The Morgan fingerprint density at radius 1 is 1.06 bits per heavy atom. The fourth-order valence-corrected chi connectivity index (χ4v) is 5.01. The molecule has 0 radical (unpaired) electrons. The zero-order chi connectivity index (χ0) is 26.9. The molecule has 1 aliphatic heterocycles. The van der Waals surface area contributed by atoms with Gasteiger partial charge in [-0.25, -0.2) is 4.79 Å². The molecule has 2 aliphatic rings. The van der Waals surface area contributed by atoms with Gasteiger partial charge in [0.1, 0.15) is 18.4 Å². The molecule has 0 aromatic carbocycles. The van der Waals surface area contributed by atoms with Crippen molar-refractivity contribution in [2.75, 3.05) is 6.54 Å². The van der Waals surface area contributed by atoms with E-state index in [4.69, 9.17) is 4.74 Å². The predicted octanol–water partition coefficient (Wildman–Crippen LogP) is 1.49. The molecule has 1 saturated carbocycles. The lowest BCUT2D eigenvalue weighted by Crippen LogP contribution is -2.59. The zero-order valence-electron chi connectivity index (χ0n) is 21.8. The van der Waals surface area contributed by atoms with Crippen molar-refractivity contribution in [2.24, 2.45) is 11.8 Å². The number of hydrogen-bond donors (Lipinski definition) is 5. The number of aldehydes is 1. The van der Waals surface area contributed by atoms with Crippen LogP contribution in [0.15, 0.2) is 0 Å². The van der Waals surface area contributed by atoms with Crippen molar-refractivity contribution in [3.63, 3.8) is 0 Å². The number of amides is 4. The summed E-state index contributed by atoms with van der Waals surface area (Å²) in [6, 6.07) is -3.07. The number of hydrogen-bond acceptors (Lipinski definition) is 6. The van der Waals surface area contributed by atoms with Crippen LogP contribution >= 0.6 is 0 Å². The Labute approximate surface area is 212 Å². The number of carbonyl (C=O) groups excluding carboxylic acids is 4. The van der Waals surface area contributed by atoms with Gasteiger partial charge < -0.3 is 35.9 Å². The molecule has 1 heterocycles. The molecule has 11 nitrogen and oxygen atoms in total. The molecule has 1 saturated heterocycles. The third kappa shape index (κ3) is 9.75. The van der Waals surface area contributed by atoms with Gasteiger partial charge in [0.05, 0.1) is 17.7 Å². The largest absolute Gasteiger partial charge is 0.465 e. The number of ether oxygens (including phenoxy) is 1. The quantitative estimate of drug-likeness (QED) is 0.248. The Balaban J connectivity index is 2.15. The summed E-state index contributed by atoms with van der Waals surface area (Å²) in [5.74, 6) is -1.48. The SMILES string of the molecule is C[C@H](OC(C)(C)C)[C@H](NC(=O)O)C(=O)N[C@@H](CC1CCCCC1)C(=O)N[C@H](C=O)C[C@@H]1CCNC1=O. The van der Waals surface area contributed by atoms with Crippen molar-refractivity contribution in [3.05, 3.63) is 0 Å². The lowest BCUT2D eigenvalue weighted by molar-refractivity contribution is -0.136. The van der Waals surface area contributed by atoms with E-state index in [-0.39, 0.29) is 24.2 Å². The minimum atomic E-state index is -1.39. The van der Waals surface area contributed by atoms with Crippen molar-refractivity contribution >= 4 is 30.1 Å². The number of carbonyl (C=O) groups is 5. The van der Waals surface area contributed by atoms with Gasteiger partial charge in [-0.1, -0.05) is 32.1 Å². The monoisotopic (exact) mass is 510 g/mol. The van der Waals surface area contributed by atoms with Gasteiger partial charge in [-0.3, -0.25) is 14.4 Å². The summed E-state index contributed by atoms with van der Waals surface area (Å²) in [4.78, 5) is 61.5. The maximum absolute atomic E-state index is 13.3. The van der Waals surface area contributed by atoms with E-state index in [2.05, 4.69) is 21.3 Å². The molecule has 4 amide bonds.